The van der Waals surface area contributed by atoms with Gasteiger partial charge in [-0.2, -0.15) is 13.2 Å². The molecule has 3 aromatic rings. The first-order valence-electron chi connectivity index (χ1n) is 12.2. The maximum Gasteiger partial charge on any atom is 0.419 e. The molecule has 5 rings (SSSR count). The van der Waals surface area contributed by atoms with E-state index in [-0.39, 0.29) is 23.8 Å². The number of piperazine rings is 1. The summed E-state index contributed by atoms with van der Waals surface area (Å²) >= 11 is 0. The van der Waals surface area contributed by atoms with E-state index < -0.39 is 17.6 Å². The molecular formula is C25H26F4N6O2. The van der Waals surface area contributed by atoms with E-state index in [0.717, 1.165) is 30.5 Å². The monoisotopic (exact) mass is 518 g/mol. The Labute approximate surface area is 210 Å². The molecule has 0 spiro atoms. The molecule has 0 atom stereocenters. The highest BCUT2D eigenvalue weighted by Crippen LogP contribution is 2.31. The molecule has 2 aliphatic heterocycles. The van der Waals surface area contributed by atoms with Crippen molar-refractivity contribution in [3.63, 3.8) is 0 Å². The van der Waals surface area contributed by atoms with Crippen molar-refractivity contribution in [1.29, 1.82) is 0 Å². The van der Waals surface area contributed by atoms with Crippen LogP contribution in [0, 0.1) is 5.82 Å². The summed E-state index contributed by atoms with van der Waals surface area (Å²) in [7, 11) is 0. The second-order valence-corrected chi connectivity index (χ2v) is 9.47. The van der Waals surface area contributed by atoms with Crippen molar-refractivity contribution in [2.24, 2.45) is 0 Å². The van der Waals surface area contributed by atoms with Crippen LogP contribution >= 0.6 is 0 Å². The number of alkyl halides is 3. The lowest BCUT2D eigenvalue weighted by atomic mass is 10.0. The molecule has 1 aromatic heterocycles. The van der Waals surface area contributed by atoms with Crippen LogP contribution in [0.25, 0.3) is 11.0 Å². The van der Waals surface area contributed by atoms with Crippen LogP contribution in [-0.2, 0) is 17.4 Å². The first-order valence-corrected chi connectivity index (χ1v) is 12.2. The van der Waals surface area contributed by atoms with E-state index >= 15 is 0 Å². The highest BCUT2D eigenvalue weighted by Gasteiger charge is 2.34. The van der Waals surface area contributed by atoms with Gasteiger partial charge in [0.15, 0.2) is 0 Å². The van der Waals surface area contributed by atoms with Crippen molar-refractivity contribution in [2.75, 3.05) is 39.3 Å². The molecule has 12 heteroatoms. The van der Waals surface area contributed by atoms with Crippen molar-refractivity contribution < 1.29 is 27.2 Å². The number of rotatable bonds is 4. The number of H-pyrrole nitrogens is 1. The summed E-state index contributed by atoms with van der Waals surface area (Å²) in [4.78, 5) is 31.4. The minimum Gasteiger partial charge on any atom is -0.340 e. The van der Waals surface area contributed by atoms with Crippen molar-refractivity contribution in [2.45, 2.75) is 31.5 Å². The Hall–Kier alpha value is -3.54. The van der Waals surface area contributed by atoms with E-state index in [4.69, 9.17) is 0 Å². The maximum absolute atomic E-state index is 13.8. The number of amides is 2. The second-order valence-electron chi connectivity index (χ2n) is 9.47. The third kappa shape index (κ3) is 5.43. The van der Waals surface area contributed by atoms with Crippen LogP contribution in [0.2, 0.25) is 0 Å². The molecule has 37 heavy (non-hydrogen) atoms. The fourth-order valence-corrected chi connectivity index (χ4v) is 5.11. The molecule has 8 nitrogen and oxygen atoms in total. The summed E-state index contributed by atoms with van der Waals surface area (Å²) in [6, 6.07) is 8.23. The zero-order chi connectivity index (χ0) is 26.2. The number of nitrogens with zero attached hydrogens (tertiary/aromatic N) is 5. The predicted molar refractivity (Wildman–Crippen MR) is 126 cm³/mol. The van der Waals surface area contributed by atoms with Gasteiger partial charge < -0.3 is 9.80 Å². The van der Waals surface area contributed by atoms with E-state index in [9.17, 15) is 27.2 Å². The number of carbonyl (C=O) groups is 2. The van der Waals surface area contributed by atoms with Gasteiger partial charge >= 0.3 is 6.18 Å². The van der Waals surface area contributed by atoms with Gasteiger partial charge in [0.2, 0.25) is 5.91 Å². The molecule has 0 radical (unpaired) electrons. The van der Waals surface area contributed by atoms with Crippen LogP contribution in [0.5, 0.6) is 0 Å². The molecular weight excluding hydrogens is 492 g/mol. The first-order chi connectivity index (χ1) is 17.7. The summed E-state index contributed by atoms with van der Waals surface area (Å²) < 4.78 is 52.1. The van der Waals surface area contributed by atoms with Gasteiger partial charge in [0.25, 0.3) is 5.91 Å². The van der Waals surface area contributed by atoms with E-state index in [1.54, 1.807) is 23.1 Å². The van der Waals surface area contributed by atoms with Gasteiger partial charge in [0, 0.05) is 50.9 Å². The largest absolute Gasteiger partial charge is 0.419 e. The highest BCUT2D eigenvalue weighted by molar-refractivity contribution is 5.97. The lowest BCUT2D eigenvalue weighted by Crippen LogP contribution is -2.55. The van der Waals surface area contributed by atoms with Crippen molar-refractivity contribution in [1.82, 2.24) is 30.1 Å². The van der Waals surface area contributed by atoms with Gasteiger partial charge in [0.1, 0.15) is 11.3 Å². The number of carbonyl (C=O) groups excluding carboxylic acids is 2. The minimum atomic E-state index is -4.77. The molecule has 0 saturated carbocycles. The van der Waals surface area contributed by atoms with E-state index in [0.29, 0.717) is 62.5 Å². The van der Waals surface area contributed by atoms with Crippen LogP contribution in [0.3, 0.4) is 0 Å². The number of halogens is 4. The third-order valence-corrected chi connectivity index (χ3v) is 7.20. The Bertz CT molecular complexity index is 1290. The molecule has 1 N–H and O–H groups in total. The molecule has 0 unspecified atom stereocenters. The standard InChI is InChI=1S/C25H26F4N6O2/c26-20-13-16(1-3-19(20)25(27,28)29)14-23(36)34-11-9-33(10-12-34)18-5-7-35(8-6-18)24(37)17-2-4-21-22(15-17)31-32-30-21/h1-4,13,15,18H,5-12,14H2,(H,30,31,32). The zero-order valence-electron chi connectivity index (χ0n) is 20.0. The lowest BCUT2D eigenvalue weighted by molar-refractivity contribution is -0.140. The highest BCUT2D eigenvalue weighted by atomic mass is 19.4. The minimum absolute atomic E-state index is 0.0292. The fourth-order valence-electron chi connectivity index (χ4n) is 5.11. The van der Waals surface area contributed by atoms with Gasteiger partial charge in [0.05, 0.1) is 17.5 Å². The van der Waals surface area contributed by atoms with E-state index in [1.807, 2.05) is 4.90 Å². The van der Waals surface area contributed by atoms with Crippen LogP contribution in [0.1, 0.15) is 34.3 Å². The van der Waals surface area contributed by atoms with Gasteiger partial charge in [-0.1, -0.05) is 11.3 Å². The lowest BCUT2D eigenvalue weighted by Gasteiger charge is -2.42. The van der Waals surface area contributed by atoms with Crippen molar-refractivity contribution >= 4 is 22.8 Å². The molecule has 2 saturated heterocycles. The number of fused-ring (bicyclic) bond motifs is 1. The first kappa shape index (κ1) is 25.1. The Morgan fingerprint density at radius 2 is 1.68 bits per heavy atom. The average Bonchev–Trinajstić information content (AvgIpc) is 3.36. The average molecular weight is 519 g/mol. The third-order valence-electron chi connectivity index (χ3n) is 7.20. The molecule has 196 valence electrons. The second kappa shape index (κ2) is 10.1. The summed E-state index contributed by atoms with van der Waals surface area (Å²) in [5.41, 5.74) is 0.898. The van der Waals surface area contributed by atoms with E-state index in [1.165, 1.54) is 0 Å². The normalized spacial score (nSPS) is 17.9. The molecule has 2 fully saturated rings. The smallest absolute Gasteiger partial charge is 0.340 e. The van der Waals surface area contributed by atoms with Gasteiger partial charge in [-0.25, -0.2) is 4.39 Å². The quantitative estimate of drug-likeness (QED) is 0.537. The fraction of sp³-hybridized carbons (Fsp3) is 0.440. The van der Waals surface area contributed by atoms with Crippen LogP contribution in [-0.4, -0.2) is 87.2 Å². The maximum atomic E-state index is 13.8. The van der Waals surface area contributed by atoms with Crippen LogP contribution < -0.4 is 0 Å². The van der Waals surface area contributed by atoms with Crippen LogP contribution in [0.4, 0.5) is 17.6 Å². The molecule has 3 heterocycles. The summed E-state index contributed by atoms with van der Waals surface area (Å²) in [6.45, 7) is 3.62. The molecule has 0 bridgehead atoms. The Morgan fingerprint density at radius 1 is 0.946 bits per heavy atom. The molecule has 2 aliphatic rings. The summed E-state index contributed by atoms with van der Waals surface area (Å²) in [5, 5.41) is 10.5. The van der Waals surface area contributed by atoms with Gasteiger partial charge in [-0.05, 0) is 48.7 Å². The number of hydrogen-bond acceptors (Lipinski definition) is 5. The Balaban J connectivity index is 1.09. The number of aromatic nitrogens is 3. The summed E-state index contributed by atoms with van der Waals surface area (Å²) in [6.07, 6.45) is -3.25. The SMILES string of the molecule is O=C(Cc1ccc(C(F)(F)F)c(F)c1)N1CCN(C2CCN(C(=O)c3ccc4[nH]nnc4c3)CC2)CC1. The molecule has 2 aromatic carbocycles. The predicted octanol–water partition coefficient (Wildman–Crippen LogP) is 3.11. The van der Waals surface area contributed by atoms with Gasteiger partial charge in [-0.15, -0.1) is 5.10 Å². The van der Waals surface area contributed by atoms with Crippen molar-refractivity contribution in [3.8, 4) is 0 Å². The number of benzene rings is 2. The molecule has 2 amide bonds. The van der Waals surface area contributed by atoms with E-state index in [2.05, 4.69) is 20.3 Å². The van der Waals surface area contributed by atoms with Crippen molar-refractivity contribution in [3.05, 3.63) is 58.9 Å². The number of hydrogen-bond donors (Lipinski definition) is 1. The zero-order valence-corrected chi connectivity index (χ0v) is 20.0. The number of nitrogens with one attached hydrogen (secondary N) is 1. The molecule has 0 aliphatic carbocycles. The van der Waals surface area contributed by atoms with Gasteiger partial charge in [-0.3, -0.25) is 19.6 Å². The number of piperidine rings is 1. The Kier molecular flexibility index (Phi) is 6.84. The summed E-state index contributed by atoms with van der Waals surface area (Å²) in [5.74, 6) is -1.63. The number of likely N-dealkylation sites (tertiary alicyclic amines) is 1. The van der Waals surface area contributed by atoms with Crippen LogP contribution in [0.15, 0.2) is 36.4 Å². The Morgan fingerprint density at radius 3 is 2.35 bits per heavy atom. The number of aromatic amines is 1. The topological polar surface area (TPSA) is 85.4 Å².